The zero-order valence-corrected chi connectivity index (χ0v) is 13.0. The molecule has 0 unspecified atom stereocenters. The molecule has 0 saturated heterocycles. The second kappa shape index (κ2) is 8.03. The third kappa shape index (κ3) is 6.89. The molecular formula is C11H12F6O7S. The molecule has 1 N–H and O–H groups in total. The minimum absolute atomic E-state index is 0.504. The van der Waals surface area contributed by atoms with Crippen LogP contribution in [0.25, 0.3) is 0 Å². The molecule has 0 rings (SSSR count). The average Bonchev–Trinajstić information content (AvgIpc) is 2.38. The average molecular weight is 402 g/mol. The minimum atomic E-state index is -6.38. The Kier molecular flexibility index (Phi) is 7.44. The molecule has 146 valence electrons. The maximum atomic E-state index is 12.8. The number of ether oxygens (including phenoxy) is 2. The largest absolute Gasteiger partial charge is 0.463 e. The number of rotatable bonds is 8. The molecule has 0 atom stereocenters. The molecule has 0 amide bonds. The highest BCUT2D eigenvalue weighted by Gasteiger charge is 2.75. The van der Waals surface area contributed by atoms with E-state index in [0.29, 0.717) is 0 Å². The van der Waals surface area contributed by atoms with Crippen LogP contribution in [0.1, 0.15) is 12.8 Å². The maximum Gasteiger partial charge on any atom is 0.438 e. The van der Waals surface area contributed by atoms with Gasteiger partial charge in [-0.25, -0.2) is 4.79 Å². The summed E-state index contributed by atoms with van der Waals surface area (Å²) >= 11 is 0. The number of carbonyl (C=O) groups is 2. The van der Waals surface area contributed by atoms with Crippen LogP contribution in [0.2, 0.25) is 0 Å². The van der Waals surface area contributed by atoms with Crippen molar-refractivity contribution in [1.82, 2.24) is 0 Å². The van der Waals surface area contributed by atoms with Gasteiger partial charge in [0.25, 0.3) is 10.1 Å². The van der Waals surface area contributed by atoms with E-state index in [4.69, 9.17) is 4.55 Å². The Morgan fingerprint density at radius 1 is 1.08 bits per heavy atom. The molecule has 0 aromatic heterocycles. The van der Waals surface area contributed by atoms with Crippen LogP contribution >= 0.6 is 0 Å². The van der Waals surface area contributed by atoms with Crippen molar-refractivity contribution in [1.29, 1.82) is 0 Å². The first kappa shape index (κ1) is 23.2. The highest BCUT2D eigenvalue weighted by atomic mass is 32.2. The van der Waals surface area contributed by atoms with Crippen LogP contribution in [-0.4, -0.2) is 55.2 Å². The van der Waals surface area contributed by atoms with Crippen LogP contribution in [0, 0.1) is 0 Å². The van der Waals surface area contributed by atoms with Gasteiger partial charge in [-0.2, -0.15) is 34.8 Å². The second-order valence-corrected chi connectivity index (χ2v) is 5.95. The van der Waals surface area contributed by atoms with Gasteiger partial charge in [-0.05, 0) is 6.42 Å². The standard InChI is InChI=1S/C11H12F6O7S/c1-2-7(18)23-5-3-4-8(19)24-9(10(12,13)14,11(15,16)17)6-25(20,21)22/h2H,1,3-6H2,(H,20,21,22). The fraction of sp³-hybridized carbons (Fsp3) is 0.636. The third-order valence-electron chi connectivity index (χ3n) is 2.53. The Morgan fingerprint density at radius 2 is 1.56 bits per heavy atom. The van der Waals surface area contributed by atoms with E-state index in [1.165, 1.54) is 0 Å². The molecule has 14 heteroatoms. The number of hydrogen-bond acceptors (Lipinski definition) is 6. The Morgan fingerprint density at radius 3 is 1.92 bits per heavy atom. The number of carbonyl (C=O) groups excluding carboxylic acids is 2. The molecule has 0 saturated carbocycles. The highest BCUT2D eigenvalue weighted by molar-refractivity contribution is 7.85. The van der Waals surface area contributed by atoms with E-state index < -0.39 is 65.2 Å². The molecule has 0 heterocycles. The van der Waals surface area contributed by atoms with E-state index in [2.05, 4.69) is 16.1 Å². The Hall–Kier alpha value is -1.83. The second-order valence-electron chi connectivity index (χ2n) is 4.50. The Bertz CT molecular complexity index is 593. The van der Waals surface area contributed by atoms with Crippen molar-refractivity contribution >= 4 is 22.1 Å². The molecule has 25 heavy (non-hydrogen) atoms. The van der Waals surface area contributed by atoms with Gasteiger partial charge in [0, 0.05) is 12.5 Å². The Balaban J connectivity index is 5.34. The summed E-state index contributed by atoms with van der Waals surface area (Å²) in [5.41, 5.74) is -5.44. The monoisotopic (exact) mass is 402 g/mol. The summed E-state index contributed by atoms with van der Waals surface area (Å²) in [7, 11) is -5.83. The van der Waals surface area contributed by atoms with Gasteiger partial charge < -0.3 is 9.47 Å². The van der Waals surface area contributed by atoms with Crippen LogP contribution in [0.5, 0.6) is 0 Å². The summed E-state index contributed by atoms with van der Waals surface area (Å²) in [6, 6.07) is 0. The maximum absolute atomic E-state index is 12.8. The van der Waals surface area contributed by atoms with Crippen molar-refractivity contribution in [2.75, 3.05) is 12.4 Å². The van der Waals surface area contributed by atoms with Crippen molar-refractivity contribution in [3.8, 4) is 0 Å². The van der Waals surface area contributed by atoms with Gasteiger partial charge >= 0.3 is 29.9 Å². The van der Waals surface area contributed by atoms with Crippen LogP contribution in [-0.2, 0) is 29.2 Å². The third-order valence-corrected chi connectivity index (χ3v) is 3.30. The summed E-state index contributed by atoms with van der Waals surface area (Å²) in [6.45, 7) is 2.48. The van der Waals surface area contributed by atoms with Crippen molar-refractivity contribution in [2.24, 2.45) is 0 Å². The molecule has 0 radical (unpaired) electrons. The molecule has 0 aliphatic carbocycles. The van der Waals surface area contributed by atoms with Gasteiger partial charge in [0.05, 0.1) is 6.61 Å². The molecule has 0 aromatic carbocycles. The molecule has 0 fully saturated rings. The molecule has 0 aliphatic heterocycles. The summed E-state index contributed by atoms with van der Waals surface area (Å²) in [4.78, 5) is 21.9. The summed E-state index contributed by atoms with van der Waals surface area (Å²) in [5, 5.41) is 0. The van der Waals surface area contributed by atoms with E-state index in [1.807, 2.05) is 0 Å². The van der Waals surface area contributed by atoms with Gasteiger partial charge in [-0.15, -0.1) is 0 Å². The SMILES string of the molecule is C=CC(=O)OCCCC(=O)OC(CS(=O)(=O)O)(C(F)(F)F)C(F)(F)F. The first-order valence-electron chi connectivity index (χ1n) is 6.15. The number of alkyl halides is 6. The molecule has 7 nitrogen and oxygen atoms in total. The summed E-state index contributed by atoms with van der Waals surface area (Å²) in [5.74, 6) is -5.96. The van der Waals surface area contributed by atoms with Crippen molar-refractivity contribution in [3.63, 3.8) is 0 Å². The van der Waals surface area contributed by atoms with Crippen molar-refractivity contribution in [2.45, 2.75) is 30.8 Å². The topological polar surface area (TPSA) is 107 Å². The zero-order chi connectivity index (χ0) is 20.1. The van der Waals surface area contributed by atoms with E-state index in [0.717, 1.165) is 6.08 Å². The fourth-order valence-corrected chi connectivity index (χ4v) is 2.32. The smallest absolute Gasteiger partial charge is 0.438 e. The van der Waals surface area contributed by atoms with Crippen molar-refractivity contribution < 1.29 is 58.4 Å². The van der Waals surface area contributed by atoms with E-state index in [1.54, 1.807) is 0 Å². The number of esters is 2. The van der Waals surface area contributed by atoms with E-state index >= 15 is 0 Å². The van der Waals surface area contributed by atoms with E-state index in [9.17, 15) is 44.3 Å². The lowest BCUT2D eigenvalue weighted by molar-refractivity contribution is -0.361. The summed E-state index contributed by atoms with van der Waals surface area (Å²) in [6.07, 6.45) is -13.6. The highest BCUT2D eigenvalue weighted by Crippen LogP contribution is 2.47. The van der Waals surface area contributed by atoms with Crippen LogP contribution in [0.3, 0.4) is 0 Å². The lowest BCUT2D eigenvalue weighted by atomic mass is 10.1. The van der Waals surface area contributed by atoms with Gasteiger partial charge in [0.2, 0.25) is 0 Å². The molecular weight excluding hydrogens is 390 g/mol. The van der Waals surface area contributed by atoms with Crippen molar-refractivity contribution in [3.05, 3.63) is 12.7 Å². The van der Waals surface area contributed by atoms with Gasteiger partial charge in [0.1, 0.15) is 5.75 Å². The molecule has 0 spiro atoms. The van der Waals surface area contributed by atoms with E-state index in [-0.39, 0.29) is 0 Å². The minimum Gasteiger partial charge on any atom is -0.463 e. The number of hydrogen-bond donors (Lipinski definition) is 1. The predicted octanol–water partition coefficient (Wildman–Crippen LogP) is 1.79. The fourth-order valence-electron chi connectivity index (χ4n) is 1.42. The zero-order valence-electron chi connectivity index (χ0n) is 12.2. The van der Waals surface area contributed by atoms with Crippen LogP contribution in [0.4, 0.5) is 26.3 Å². The normalized spacial score (nSPS) is 13.2. The molecule has 0 aromatic rings. The first-order chi connectivity index (χ1) is 11.1. The van der Waals surface area contributed by atoms with Gasteiger partial charge in [-0.1, -0.05) is 6.58 Å². The predicted molar refractivity (Wildman–Crippen MR) is 67.7 cm³/mol. The first-order valence-corrected chi connectivity index (χ1v) is 7.76. The molecule has 0 aliphatic rings. The number of halogens is 6. The van der Waals surface area contributed by atoms with Gasteiger partial charge in [-0.3, -0.25) is 9.35 Å². The van der Waals surface area contributed by atoms with Crippen LogP contribution in [0.15, 0.2) is 12.7 Å². The van der Waals surface area contributed by atoms with Gasteiger partial charge in [0.15, 0.2) is 0 Å². The molecule has 0 bridgehead atoms. The lowest BCUT2D eigenvalue weighted by Crippen LogP contribution is -2.63. The lowest BCUT2D eigenvalue weighted by Gasteiger charge is -2.35. The Labute approximate surface area is 137 Å². The van der Waals surface area contributed by atoms with Crippen LogP contribution < -0.4 is 0 Å². The quantitative estimate of drug-likeness (QED) is 0.217. The summed E-state index contributed by atoms with van der Waals surface area (Å²) < 4.78 is 114.